The first-order chi connectivity index (χ1) is 9.02. The third-order valence-corrected chi connectivity index (χ3v) is 2.74. The van der Waals surface area contributed by atoms with Crippen molar-refractivity contribution in [2.45, 2.75) is 38.6 Å². The Bertz CT molecular complexity index is 431. The highest BCUT2D eigenvalue weighted by atomic mass is 19.1. The van der Waals surface area contributed by atoms with Gasteiger partial charge in [0.1, 0.15) is 5.82 Å². The van der Waals surface area contributed by atoms with Gasteiger partial charge in [0, 0.05) is 6.42 Å². The number of unbranched alkanes of at least 4 members (excludes halogenated alkanes) is 1. The van der Waals surface area contributed by atoms with E-state index in [9.17, 15) is 14.0 Å². The Hall–Kier alpha value is -1.91. The number of benzene rings is 1. The van der Waals surface area contributed by atoms with E-state index in [2.05, 4.69) is 5.32 Å². The molecule has 1 amide bonds. The number of aliphatic carboxylic acids is 1. The van der Waals surface area contributed by atoms with Crippen LogP contribution in [0.3, 0.4) is 0 Å². The molecule has 0 aliphatic rings. The van der Waals surface area contributed by atoms with Gasteiger partial charge in [-0.25, -0.2) is 4.39 Å². The van der Waals surface area contributed by atoms with Crippen LogP contribution in [0.2, 0.25) is 0 Å². The summed E-state index contributed by atoms with van der Waals surface area (Å²) in [7, 11) is 0. The molecule has 0 aliphatic carbocycles. The van der Waals surface area contributed by atoms with Crippen LogP contribution in [-0.4, -0.2) is 17.0 Å². The highest BCUT2D eigenvalue weighted by Gasteiger charge is 2.17. The first-order valence-electron chi connectivity index (χ1n) is 6.29. The lowest BCUT2D eigenvalue weighted by atomic mass is 10.0. The number of carboxylic acids is 1. The van der Waals surface area contributed by atoms with E-state index in [4.69, 9.17) is 5.11 Å². The highest BCUT2D eigenvalue weighted by molar-refractivity contribution is 5.77. The Labute approximate surface area is 111 Å². The van der Waals surface area contributed by atoms with Crippen molar-refractivity contribution >= 4 is 11.9 Å². The zero-order chi connectivity index (χ0) is 14.3. The van der Waals surface area contributed by atoms with E-state index in [1.807, 2.05) is 6.92 Å². The zero-order valence-electron chi connectivity index (χ0n) is 10.9. The van der Waals surface area contributed by atoms with Crippen LogP contribution < -0.4 is 5.32 Å². The first-order valence-corrected chi connectivity index (χ1v) is 6.29. The minimum absolute atomic E-state index is 0.183. The fourth-order valence-electron chi connectivity index (χ4n) is 1.73. The van der Waals surface area contributed by atoms with E-state index in [1.165, 1.54) is 24.3 Å². The molecule has 0 aliphatic heterocycles. The van der Waals surface area contributed by atoms with Gasteiger partial charge in [-0.3, -0.25) is 9.59 Å². The molecule has 0 spiro atoms. The standard InChI is InChI=1S/C14H18FNO3/c1-2-3-4-13(17)16-12(9-14(18)19)10-5-7-11(15)8-6-10/h5-8,12H,2-4,9H2,1H3,(H,16,17)(H,18,19). The number of amides is 1. The van der Waals surface area contributed by atoms with Crippen LogP contribution in [0.25, 0.3) is 0 Å². The van der Waals surface area contributed by atoms with Crippen LogP contribution in [0.4, 0.5) is 4.39 Å². The topological polar surface area (TPSA) is 66.4 Å². The SMILES string of the molecule is CCCCC(=O)NC(CC(=O)O)c1ccc(F)cc1. The molecule has 1 rings (SSSR count). The van der Waals surface area contributed by atoms with Crippen molar-refractivity contribution in [3.05, 3.63) is 35.6 Å². The van der Waals surface area contributed by atoms with Gasteiger partial charge >= 0.3 is 5.97 Å². The largest absolute Gasteiger partial charge is 0.481 e. The number of rotatable bonds is 7. The van der Waals surface area contributed by atoms with Gasteiger partial charge in [0.05, 0.1) is 12.5 Å². The molecule has 1 unspecified atom stereocenters. The van der Waals surface area contributed by atoms with Gasteiger partial charge in [0.2, 0.25) is 5.91 Å². The predicted molar refractivity (Wildman–Crippen MR) is 69.1 cm³/mol. The number of carboxylic acid groups (broad SMARTS) is 1. The van der Waals surface area contributed by atoms with Crippen molar-refractivity contribution in [3.8, 4) is 0 Å². The highest BCUT2D eigenvalue weighted by Crippen LogP contribution is 2.17. The van der Waals surface area contributed by atoms with Crippen molar-refractivity contribution in [3.63, 3.8) is 0 Å². The van der Waals surface area contributed by atoms with E-state index < -0.39 is 17.8 Å². The van der Waals surface area contributed by atoms with E-state index in [0.717, 1.165) is 12.8 Å². The second kappa shape index (κ2) is 7.51. The van der Waals surface area contributed by atoms with Gasteiger partial charge in [-0.2, -0.15) is 0 Å². The molecule has 0 saturated carbocycles. The molecule has 0 heterocycles. The molecular formula is C14H18FNO3. The molecule has 0 aromatic heterocycles. The Balaban J connectivity index is 2.74. The fraction of sp³-hybridized carbons (Fsp3) is 0.429. The lowest BCUT2D eigenvalue weighted by Crippen LogP contribution is -2.29. The summed E-state index contributed by atoms with van der Waals surface area (Å²) in [6.07, 6.45) is 1.81. The van der Waals surface area contributed by atoms with Crippen LogP contribution in [0.15, 0.2) is 24.3 Å². The molecule has 4 nitrogen and oxygen atoms in total. The molecule has 104 valence electrons. The minimum atomic E-state index is -1.01. The van der Waals surface area contributed by atoms with Crippen molar-refractivity contribution in [2.24, 2.45) is 0 Å². The average molecular weight is 267 g/mol. The van der Waals surface area contributed by atoms with Crippen molar-refractivity contribution < 1.29 is 19.1 Å². The van der Waals surface area contributed by atoms with Crippen LogP contribution in [0, 0.1) is 5.82 Å². The Morgan fingerprint density at radius 3 is 2.47 bits per heavy atom. The Morgan fingerprint density at radius 1 is 1.32 bits per heavy atom. The van der Waals surface area contributed by atoms with Gasteiger partial charge in [0.15, 0.2) is 0 Å². The van der Waals surface area contributed by atoms with E-state index in [1.54, 1.807) is 0 Å². The summed E-state index contributed by atoms with van der Waals surface area (Å²) in [5, 5.41) is 11.5. The summed E-state index contributed by atoms with van der Waals surface area (Å²) in [4.78, 5) is 22.5. The van der Waals surface area contributed by atoms with Crippen molar-refractivity contribution in [1.29, 1.82) is 0 Å². The second-order valence-corrected chi connectivity index (χ2v) is 4.37. The molecule has 19 heavy (non-hydrogen) atoms. The molecule has 0 saturated heterocycles. The molecule has 1 aromatic rings. The normalized spacial score (nSPS) is 11.9. The Morgan fingerprint density at radius 2 is 1.95 bits per heavy atom. The molecule has 2 N–H and O–H groups in total. The smallest absolute Gasteiger partial charge is 0.305 e. The van der Waals surface area contributed by atoms with Crippen LogP contribution in [0.5, 0.6) is 0 Å². The first kappa shape index (κ1) is 15.1. The minimum Gasteiger partial charge on any atom is -0.481 e. The van der Waals surface area contributed by atoms with Crippen molar-refractivity contribution in [1.82, 2.24) is 5.32 Å². The molecule has 0 bridgehead atoms. The van der Waals surface area contributed by atoms with E-state index in [0.29, 0.717) is 12.0 Å². The second-order valence-electron chi connectivity index (χ2n) is 4.37. The number of carbonyl (C=O) groups excluding carboxylic acids is 1. The summed E-state index contributed by atoms with van der Waals surface area (Å²) < 4.78 is 12.8. The number of nitrogens with one attached hydrogen (secondary N) is 1. The third kappa shape index (κ3) is 5.50. The number of halogens is 1. The van der Waals surface area contributed by atoms with Crippen molar-refractivity contribution in [2.75, 3.05) is 0 Å². The van der Waals surface area contributed by atoms with Gasteiger partial charge in [-0.05, 0) is 24.1 Å². The number of hydrogen-bond acceptors (Lipinski definition) is 2. The molecule has 0 radical (unpaired) electrons. The molecular weight excluding hydrogens is 249 g/mol. The van der Waals surface area contributed by atoms with Crippen LogP contribution in [-0.2, 0) is 9.59 Å². The lowest BCUT2D eigenvalue weighted by Gasteiger charge is -2.17. The average Bonchev–Trinajstić information content (AvgIpc) is 2.36. The lowest BCUT2D eigenvalue weighted by molar-refractivity contribution is -0.137. The monoisotopic (exact) mass is 267 g/mol. The van der Waals surface area contributed by atoms with Gasteiger partial charge in [0.25, 0.3) is 0 Å². The van der Waals surface area contributed by atoms with Crippen LogP contribution >= 0.6 is 0 Å². The number of hydrogen-bond donors (Lipinski definition) is 2. The molecule has 1 aromatic carbocycles. The zero-order valence-corrected chi connectivity index (χ0v) is 10.9. The maximum Gasteiger partial charge on any atom is 0.305 e. The third-order valence-electron chi connectivity index (χ3n) is 2.74. The molecule has 1 atom stereocenters. The predicted octanol–water partition coefficient (Wildman–Crippen LogP) is 2.65. The summed E-state index contributed by atoms with van der Waals surface area (Å²) in [6.45, 7) is 1.97. The fourth-order valence-corrected chi connectivity index (χ4v) is 1.73. The Kier molecular flexibility index (Phi) is 5.99. The maximum absolute atomic E-state index is 12.8. The summed E-state index contributed by atoms with van der Waals surface area (Å²) in [5.41, 5.74) is 0.591. The van der Waals surface area contributed by atoms with Crippen LogP contribution in [0.1, 0.15) is 44.2 Å². The van der Waals surface area contributed by atoms with Gasteiger partial charge in [-0.15, -0.1) is 0 Å². The maximum atomic E-state index is 12.8. The van der Waals surface area contributed by atoms with E-state index >= 15 is 0 Å². The summed E-state index contributed by atoms with van der Waals surface area (Å²) in [5.74, 6) is -1.59. The van der Waals surface area contributed by atoms with Gasteiger partial charge in [-0.1, -0.05) is 25.5 Å². The number of carbonyl (C=O) groups is 2. The van der Waals surface area contributed by atoms with E-state index in [-0.39, 0.29) is 12.3 Å². The quantitative estimate of drug-likeness (QED) is 0.798. The summed E-state index contributed by atoms with van der Waals surface area (Å²) >= 11 is 0. The molecule has 5 heteroatoms. The summed E-state index contributed by atoms with van der Waals surface area (Å²) in [6, 6.07) is 4.86. The molecule has 0 fully saturated rings. The van der Waals surface area contributed by atoms with Gasteiger partial charge < -0.3 is 10.4 Å².